The van der Waals surface area contributed by atoms with Gasteiger partial charge in [-0.05, 0) is 36.5 Å². The molecule has 27 heavy (non-hydrogen) atoms. The van der Waals surface area contributed by atoms with Gasteiger partial charge in [-0.2, -0.15) is 0 Å². The van der Waals surface area contributed by atoms with E-state index in [-0.39, 0.29) is 29.4 Å². The number of imidazole rings is 1. The number of rotatable bonds is 7. The van der Waals surface area contributed by atoms with Crippen LogP contribution in [0.1, 0.15) is 38.1 Å². The first-order valence-electron chi connectivity index (χ1n) is 9.23. The second kappa shape index (κ2) is 9.78. The average Bonchev–Trinajstić information content (AvgIpc) is 3.29. The Labute approximate surface area is 184 Å². The SMILES string of the molecule is CN=C(NCc1nccn1CC(C)C)NCC1(c2cccc(Cl)c2)CC1.I. The van der Waals surface area contributed by atoms with Crippen LogP contribution in [-0.4, -0.2) is 29.1 Å². The molecular weight excluding hydrogens is 473 g/mol. The first kappa shape index (κ1) is 22.0. The molecule has 3 rings (SSSR count). The van der Waals surface area contributed by atoms with Crippen molar-refractivity contribution in [3.63, 3.8) is 0 Å². The van der Waals surface area contributed by atoms with Gasteiger partial charge < -0.3 is 15.2 Å². The number of aliphatic imine (C=N–C) groups is 1. The van der Waals surface area contributed by atoms with Crippen molar-refractivity contribution >= 4 is 41.5 Å². The van der Waals surface area contributed by atoms with E-state index < -0.39 is 0 Å². The Morgan fingerprint density at radius 3 is 2.74 bits per heavy atom. The summed E-state index contributed by atoms with van der Waals surface area (Å²) in [6.45, 7) is 6.91. The van der Waals surface area contributed by atoms with Crippen LogP contribution in [0.4, 0.5) is 0 Å². The summed E-state index contributed by atoms with van der Waals surface area (Å²) in [5.41, 5.74) is 1.49. The minimum absolute atomic E-state index is 0. The highest BCUT2D eigenvalue weighted by Crippen LogP contribution is 2.48. The van der Waals surface area contributed by atoms with Gasteiger partial charge in [-0.25, -0.2) is 4.98 Å². The molecule has 0 atom stereocenters. The summed E-state index contributed by atoms with van der Waals surface area (Å²) in [4.78, 5) is 8.81. The molecule has 1 aliphatic rings. The molecule has 5 nitrogen and oxygen atoms in total. The summed E-state index contributed by atoms with van der Waals surface area (Å²) < 4.78 is 2.19. The van der Waals surface area contributed by atoms with Crippen molar-refractivity contribution in [2.24, 2.45) is 10.9 Å². The molecule has 1 saturated carbocycles. The second-order valence-corrected chi connectivity index (χ2v) is 7.90. The fourth-order valence-electron chi connectivity index (χ4n) is 3.24. The number of benzene rings is 1. The van der Waals surface area contributed by atoms with Crippen LogP contribution in [0, 0.1) is 5.92 Å². The molecule has 0 bridgehead atoms. The van der Waals surface area contributed by atoms with Gasteiger partial charge >= 0.3 is 0 Å². The van der Waals surface area contributed by atoms with Crippen molar-refractivity contribution in [2.75, 3.05) is 13.6 Å². The predicted molar refractivity (Wildman–Crippen MR) is 123 cm³/mol. The number of nitrogens with zero attached hydrogens (tertiary/aromatic N) is 3. The summed E-state index contributed by atoms with van der Waals surface area (Å²) in [5.74, 6) is 2.42. The van der Waals surface area contributed by atoms with Gasteiger partial charge in [0.25, 0.3) is 0 Å². The van der Waals surface area contributed by atoms with Crippen LogP contribution in [0.2, 0.25) is 5.02 Å². The van der Waals surface area contributed by atoms with Crippen LogP contribution in [0.3, 0.4) is 0 Å². The molecule has 148 valence electrons. The van der Waals surface area contributed by atoms with Gasteiger partial charge in [0.05, 0.1) is 6.54 Å². The third-order valence-electron chi connectivity index (χ3n) is 4.89. The number of guanidine groups is 1. The number of hydrogen-bond acceptors (Lipinski definition) is 2. The molecule has 1 fully saturated rings. The Balaban J connectivity index is 0.00000261. The lowest BCUT2D eigenvalue weighted by Crippen LogP contribution is -2.41. The molecule has 1 heterocycles. The monoisotopic (exact) mass is 501 g/mol. The number of hydrogen-bond donors (Lipinski definition) is 2. The maximum atomic E-state index is 6.16. The van der Waals surface area contributed by atoms with E-state index in [2.05, 4.69) is 51.2 Å². The van der Waals surface area contributed by atoms with Crippen molar-refractivity contribution < 1.29 is 0 Å². The van der Waals surface area contributed by atoms with E-state index in [9.17, 15) is 0 Å². The second-order valence-electron chi connectivity index (χ2n) is 7.46. The fraction of sp³-hybridized carbons (Fsp3) is 0.500. The lowest BCUT2D eigenvalue weighted by atomic mass is 9.96. The third kappa shape index (κ3) is 5.85. The van der Waals surface area contributed by atoms with Crippen molar-refractivity contribution in [1.82, 2.24) is 20.2 Å². The summed E-state index contributed by atoms with van der Waals surface area (Å²) in [5, 5.41) is 7.65. The predicted octanol–water partition coefficient (Wildman–Crippen LogP) is 4.21. The van der Waals surface area contributed by atoms with E-state index in [1.54, 1.807) is 7.05 Å². The Morgan fingerprint density at radius 2 is 2.11 bits per heavy atom. The quantitative estimate of drug-likeness (QED) is 0.340. The van der Waals surface area contributed by atoms with Crippen LogP contribution in [0.15, 0.2) is 41.7 Å². The summed E-state index contributed by atoms with van der Waals surface area (Å²) in [6.07, 6.45) is 6.24. The van der Waals surface area contributed by atoms with Crippen LogP contribution >= 0.6 is 35.6 Å². The first-order valence-corrected chi connectivity index (χ1v) is 9.61. The van der Waals surface area contributed by atoms with Crippen molar-refractivity contribution in [3.8, 4) is 0 Å². The van der Waals surface area contributed by atoms with Crippen molar-refractivity contribution in [3.05, 3.63) is 53.1 Å². The smallest absolute Gasteiger partial charge is 0.191 e. The van der Waals surface area contributed by atoms with Crippen molar-refractivity contribution in [2.45, 2.75) is 45.2 Å². The summed E-state index contributed by atoms with van der Waals surface area (Å²) >= 11 is 6.16. The Morgan fingerprint density at radius 1 is 1.33 bits per heavy atom. The molecule has 1 aromatic carbocycles. The van der Waals surface area contributed by atoms with Gasteiger partial charge in [-0.3, -0.25) is 4.99 Å². The van der Waals surface area contributed by atoms with E-state index in [1.807, 2.05) is 24.5 Å². The maximum Gasteiger partial charge on any atom is 0.191 e. The highest BCUT2D eigenvalue weighted by atomic mass is 127. The largest absolute Gasteiger partial charge is 0.356 e. The van der Waals surface area contributed by atoms with Crippen LogP contribution < -0.4 is 10.6 Å². The minimum atomic E-state index is 0. The molecule has 0 aliphatic heterocycles. The van der Waals surface area contributed by atoms with E-state index in [4.69, 9.17) is 11.6 Å². The van der Waals surface area contributed by atoms with Gasteiger partial charge in [0, 0.05) is 43.0 Å². The van der Waals surface area contributed by atoms with Crippen LogP contribution in [0.5, 0.6) is 0 Å². The summed E-state index contributed by atoms with van der Waals surface area (Å²) in [7, 11) is 1.80. The van der Waals surface area contributed by atoms with Crippen LogP contribution in [0.25, 0.3) is 0 Å². The number of nitrogens with one attached hydrogen (secondary N) is 2. The van der Waals surface area contributed by atoms with Crippen LogP contribution in [-0.2, 0) is 18.5 Å². The molecule has 0 amide bonds. The molecule has 0 saturated heterocycles. The molecule has 1 aromatic heterocycles. The zero-order chi connectivity index (χ0) is 18.6. The van der Waals surface area contributed by atoms with Crippen molar-refractivity contribution in [1.29, 1.82) is 0 Å². The third-order valence-corrected chi connectivity index (χ3v) is 5.12. The molecule has 0 unspecified atom stereocenters. The van der Waals surface area contributed by atoms with Gasteiger partial charge in [-0.15, -0.1) is 24.0 Å². The normalized spacial score (nSPS) is 15.4. The minimum Gasteiger partial charge on any atom is -0.356 e. The zero-order valence-corrected chi connectivity index (χ0v) is 19.3. The highest BCUT2D eigenvalue weighted by Gasteiger charge is 2.44. The maximum absolute atomic E-state index is 6.16. The van der Waals surface area contributed by atoms with Gasteiger partial charge in [-0.1, -0.05) is 37.6 Å². The number of halogens is 2. The first-order chi connectivity index (χ1) is 12.5. The highest BCUT2D eigenvalue weighted by molar-refractivity contribution is 14.0. The average molecular weight is 502 g/mol. The molecule has 0 spiro atoms. The molecule has 0 radical (unpaired) electrons. The van der Waals surface area contributed by atoms with E-state index in [0.29, 0.717) is 12.5 Å². The Bertz CT molecular complexity index is 767. The Hall–Kier alpha value is -1.28. The van der Waals surface area contributed by atoms with E-state index >= 15 is 0 Å². The molecule has 2 N–H and O–H groups in total. The molecular formula is C20H29ClIN5. The Kier molecular flexibility index (Phi) is 7.97. The van der Waals surface area contributed by atoms with E-state index in [0.717, 1.165) is 29.9 Å². The molecule has 2 aromatic rings. The molecule has 7 heteroatoms. The standard InChI is InChI=1S/C20H28ClN5.HI/c1-15(2)13-26-10-9-23-18(26)12-24-19(22-3)25-14-20(7-8-20)16-5-4-6-17(21)11-16;/h4-6,9-11,15H,7-8,12-14H2,1-3H3,(H2,22,24,25);1H. The zero-order valence-electron chi connectivity index (χ0n) is 16.2. The topological polar surface area (TPSA) is 54.2 Å². The van der Waals surface area contributed by atoms with E-state index in [1.165, 1.54) is 18.4 Å². The number of aromatic nitrogens is 2. The van der Waals surface area contributed by atoms with Gasteiger partial charge in [0.1, 0.15) is 5.82 Å². The summed E-state index contributed by atoms with van der Waals surface area (Å²) in [6, 6.07) is 8.20. The van der Waals surface area contributed by atoms with Gasteiger partial charge in [0.2, 0.25) is 0 Å². The lowest BCUT2D eigenvalue weighted by Gasteiger charge is -2.19. The van der Waals surface area contributed by atoms with Gasteiger partial charge in [0.15, 0.2) is 5.96 Å². The fourth-order valence-corrected chi connectivity index (χ4v) is 3.43. The lowest BCUT2D eigenvalue weighted by molar-refractivity contribution is 0.503. The molecule has 1 aliphatic carbocycles.